The number of thiazole rings is 1. The Hall–Kier alpha value is -1.61. The summed E-state index contributed by atoms with van der Waals surface area (Å²) in [5.41, 5.74) is 6.86. The van der Waals surface area contributed by atoms with E-state index >= 15 is 0 Å². The molecule has 2 unspecified atom stereocenters. The molecule has 2 aromatic rings. The number of furan rings is 1. The molecule has 1 saturated heterocycles. The number of carbonyl (C=O) groups is 2. The van der Waals surface area contributed by atoms with Crippen LogP contribution in [-0.4, -0.2) is 40.8 Å². The number of hydrogen-bond donors (Lipinski definition) is 2. The number of hydrogen-bond acceptors (Lipinski definition) is 6. The minimum Gasteiger partial charge on any atom is -0.469 e. The van der Waals surface area contributed by atoms with Gasteiger partial charge in [0.25, 0.3) is 5.91 Å². The first-order chi connectivity index (χ1) is 12.0. The Morgan fingerprint density at radius 2 is 2.19 bits per heavy atom. The van der Waals surface area contributed by atoms with Crippen molar-refractivity contribution in [2.24, 2.45) is 11.7 Å². The van der Waals surface area contributed by atoms with Crippen molar-refractivity contribution in [3.63, 3.8) is 0 Å². The van der Waals surface area contributed by atoms with Crippen LogP contribution in [0.25, 0.3) is 0 Å². The molecule has 10 heteroatoms. The molecule has 3 N–H and O–H groups in total. The summed E-state index contributed by atoms with van der Waals surface area (Å²) < 4.78 is 5.13. The molecular formula is C17H24Cl2N4O3S. The van der Waals surface area contributed by atoms with Crippen molar-refractivity contribution < 1.29 is 14.0 Å². The van der Waals surface area contributed by atoms with Crippen molar-refractivity contribution >= 4 is 53.1 Å². The van der Waals surface area contributed by atoms with Gasteiger partial charge in [-0.05, 0) is 38.8 Å². The van der Waals surface area contributed by atoms with Gasteiger partial charge in [0.05, 0.1) is 23.9 Å². The molecule has 1 aliphatic heterocycles. The number of nitrogens with two attached hydrogens (primary N) is 1. The molecule has 0 radical (unpaired) electrons. The number of aryl methyl sites for hydroxylation is 1. The van der Waals surface area contributed by atoms with Crippen LogP contribution in [0.1, 0.15) is 35.2 Å². The average Bonchev–Trinajstić information content (AvgIpc) is 3.27. The third-order valence-electron chi connectivity index (χ3n) is 4.52. The van der Waals surface area contributed by atoms with Gasteiger partial charge in [-0.1, -0.05) is 0 Å². The van der Waals surface area contributed by atoms with Gasteiger partial charge in [0, 0.05) is 18.0 Å². The van der Waals surface area contributed by atoms with E-state index in [-0.39, 0.29) is 49.1 Å². The van der Waals surface area contributed by atoms with E-state index in [1.807, 2.05) is 11.8 Å². The summed E-state index contributed by atoms with van der Waals surface area (Å²) >= 11 is 1.31. The molecule has 27 heavy (non-hydrogen) atoms. The zero-order valence-corrected chi connectivity index (χ0v) is 17.6. The Morgan fingerprint density at radius 1 is 1.44 bits per heavy atom. The van der Waals surface area contributed by atoms with E-state index in [1.54, 1.807) is 18.4 Å². The number of amides is 2. The Balaban J connectivity index is 0.00000182. The van der Waals surface area contributed by atoms with Crippen LogP contribution < -0.4 is 11.1 Å². The van der Waals surface area contributed by atoms with Crippen LogP contribution in [0.5, 0.6) is 0 Å². The fourth-order valence-electron chi connectivity index (χ4n) is 3.15. The minimum absolute atomic E-state index is 0. The standard InChI is InChI=1S/C17H22N4O3S.2ClH/c1-10-5-12(7-18)8-21(10)15(22)6-13-9-25-17(19-13)20-16(23)14-3-4-24-11(14)2;;/h3-4,9-10,12H,5-8,18H2,1-2H3,(H,19,20,23);2*1H. The van der Waals surface area contributed by atoms with Gasteiger partial charge in [-0.3, -0.25) is 14.9 Å². The SMILES string of the molecule is Cc1occc1C(=O)Nc1nc(CC(=O)N2CC(CN)CC2C)cs1.Cl.Cl. The number of nitrogens with zero attached hydrogens (tertiary/aromatic N) is 2. The molecule has 0 aromatic carbocycles. The van der Waals surface area contributed by atoms with Crippen LogP contribution >= 0.6 is 36.2 Å². The maximum atomic E-state index is 12.5. The molecule has 3 rings (SSSR count). The Morgan fingerprint density at radius 3 is 2.78 bits per heavy atom. The minimum atomic E-state index is -0.266. The summed E-state index contributed by atoms with van der Waals surface area (Å²) in [4.78, 5) is 30.9. The molecule has 0 spiro atoms. The number of aromatic nitrogens is 1. The lowest BCUT2D eigenvalue weighted by atomic mass is 10.1. The molecule has 7 nitrogen and oxygen atoms in total. The molecule has 1 aliphatic rings. The summed E-state index contributed by atoms with van der Waals surface area (Å²) in [5.74, 6) is 0.721. The predicted molar refractivity (Wildman–Crippen MR) is 110 cm³/mol. The molecule has 0 aliphatic carbocycles. The summed E-state index contributed by atoms with van der Waals surface area (Å²) in [6.45, 7) is 5.10. The smallest absolute Gasteiger partial charge is 0.260 e. The lowest BCUT2D eigenvalue weighted by molar-refractivity contribution is -0.131. The summed E-state index contributed by atoms with van der Waals surface area (Å²) in [7, 11) is 0. The van der Waals surface area contributed by atoms with Crippen molar-refractivity contribution in [1.29, 1.82) is 0 Å². The zero-order chi connectivity index (χ0) is 18.0. The van der Waals surface area contributed by atoms with Crippen LogP contribution in [0.15, 0.2) is 22.1 Å². The highest BCUT2D eigenvalue weighted by atomic mass is 35.5. The zero-order valence-electron chi connectivity index (χ0n) is 15.1. The average molecular weight is 435 g/mol. The van der Waals surface area contributed by atoms with Crippen LogP contribution in [0.4, 0.5) is 5.13 Å². The normalized spacial score (nSPS) is 18.6. The van der Waals surface area contributed by atoms with Gasteiger partial charge >= 0.3 is 0 Å². The molecule has 150 valence electrons. The number of carbonyl (C=O) groups excluding carboxylic acids is 2. The van der Waals surface area contributed by atoms with Crippen LogP contribution in [0.2, 0.25) is 0 Å². The molecular weight excluding hydrogens is 411 g/mol. The maximum Gasteiger partial charge on any atom is 0.260 e. The third-order valence-corrected chi connectivity index (χ3v) is 5.33. The molecule has 2 atom stereocenters. The highest BCUT2D eigenvalue weighted by molar-refractivity contribution is 7.14. The predicted octanol–water partition coefficient (Wildman–Crippen LogP) is 2.88. The molecule has 3 heterocycles. The summed E-state index contributed by atoms with van der Waals surface area (Å²) in [5, 5.41) is 5.02. The number of halogens is 2. The van der Waals surface area contributed by atoms with Gasteiger partial charge in [-0.15, -0.1) is 36.2 Å². The van der Waals surface area contributed by atoms with E-state index in [4.69, 9.17) is 10.2 Å². The van der Waals surface area contributed by atoms with E-state index in [9.17, 15) is 9.59 Å². The maximum absolute atomic E-state index is 12.5. The highest BCUT2D eigenvalue weighted by Crippen LogP contribution is 2.24. The van der Waals surface area contributed by atoms with Crippen LogP contribution in [-0.2, 0) is 11.2 Å². The van der Waals surface area contributed by atoms with Crippen LogP contribution in [0.3, 0.4) is 0 Å². The van der Waals surface area contributed by atoms with Crippen molar-refractivity contribution in [2.45, 2.75) is 32.7 Å². The Bertz CT molecular complexity index is 780. The summed E-state index contributed by atoms with van der Waals surface area (Å²) in [6.07, 6.45) is 2.66. The van der Waals surface area contributed by atoms with Crippen molar-refractivity contribution in [1.82, 2.24) is 9.88 Å². The number of anilines is 1. The molecule has 0 saturated carbocycles. The van der Waals surface area contributed by atoms with Gasteiger partial charge in [0.1, 0.15) is 5.76 Å². The third kappa shape index (κ3) is 5.44. The van der Waals surface area contributed by atoms with Gasteiger partial charge in [0.2, 0.25) is 5.91 Å². The number of rotatable bonds is 5. The lowest BCUT2D eigenvalue weighted by Gasteiger charge is -2.21. The van der Waals surface area contributed by atoms with E-state index in [1.165, 1.54) is 17.6 Å². The first kappa shape index (κ1) is 23.4. The topological polar surface area (TPSA) is 101 Å². The molecule has 1 fully saturated rings. The van der Waals surface area contributed by atoms with Gasteiger partial charge < -0.3 is 15.1 Å². The second-order valence-electron chi connectivity index (χ2n) is 6.40. The second-order valence-corrected chi connectivity index (χ2v) is 7.26. The number of likely N-dealkylation sites (tertiary alicyclic amines) is 1. The Kier molecular flexibility index (Phi) is 8.74. The fraction of sp³-hybridized carbons (Fsp3) is 0.471. The quantitative estimate of drug-likeness (QED) is 0.752. The van der Waals surface area contributed by atoms with Crippen molar-refractivity contribution in [3.8, 4) is 0 Å². The van der Waals surface area contributed by atoms with E-state index < -0.39 is 0 Å². The first-order valence-corrected chi connectivity index (χ1v) is 9.15. The molecule has 2 aromatic heterocycles. The molecule has 0 bridgehead atoms. The van der Waals surface area contributed by atoms with Crippen molar-refractivity contribution in [2.75, 3.05) is 18.4 Å². The van der Waals surface area contributed by atoms with Gasteiger partial charge in [0.15, 0.2) is 5.13 Å². The van der Waals surface area contributed by atoms with Gasteiger partial charge in [-0.2, -0.15) is 0 Å². The van der Waals surface area contributed by atoms with Crippen LogP contribution in [0, 0.1) is 12.8 Å². The fourth-order valence-corrected chi connectivity index (χ4v) is 3.85. The highest BCUT2D eigenvalue weighted by Gasteiger charge is 2.31. The number of nitrogens with one attached hydrogen (secondary N) is 1. The van der Waals surface area contributed by atoms with E-state index in [0.717, 1.165) is 6.42 Å². The van der Waals surface area contributed by atoms with E-state index in [0.29, 0.717) is 41.2 Å². The monoisotopic (exact) mass is 434 g/mol. The first-order valence-electron chi connectivity index (χ1n) is 8.27. The van der Waals surface area contributed by atoms with Gasteiger partial charge in [-0.25, -0.2) is 4.98 Å². The van der Waals surface area contributed by atoms with Crippen molar-refractivity contribution in [3.05, 3.63) is 34.7 Å². The molecule has 2 amide bonds. The lowest BCUT2D eigenvalue weighted by Crippen LogP contribution is -2.35. The largest absolute Gasteiger partial charge is 0.469 e. The Labute approximate surface area is 174 Å². The summed E-state index contributed by atoms with van der Waals surface area (Å²) in [6, 6.07) is 1.83. The second kappa shape index (κ2) is 10.1. The van der Waals surface area contributed by atoms with E-state index in [2.05, 4.69) is 10.3 Å².